The van der Waals surface area contributed by atoms with E-state index in [0.717, 1.165) is 18.9 Å². The predicted molar refractivity (Wildman–Crippen MR) is 65.8 cm³/mol. The first-order valence-corrected chi connectivity index (χ1v) is 6.06. The molecular formula is C13H17F3N2O. The third-order valence-electron chi connectivity index (χ3n) is 2.77. The van der Waals surface area contributed by atoms with Gasteiger partial charge >= 0.3 is 6.18 Å². The molecular weight excluding hydrogens is 257 g/mol. The van der Waals surface area contributed by atoms with Crippen molar-refractivity contribution >= 4 is 6.29 Å². The maximum atomic E-state index is 10.4. The molecule has 1 N–H and O–H groups in total. The van der Waals surface area contributed by atoms with Crippen molar-refractivity contribution in [3.05, 3.63) is 29.6 Å². The van der Waals surface area contributed by atoms with E-state index in [9.17, 15) is 13.2 Å². The molecule has 6 heteroatoms. The van der Waals surface area contributed by atoms with Crippen molar-refractivity contribution in [1.82, 2.24) is 10.3 Å². The van der Waals surface area contributed by atoms with E-state index in [0.29, 0.717) is 0 Å². The van der Waals surface area contributed by atoms with Crippen molar-refractivity contribution in [1.29, 1.82) is 0 Å². The molecule has 0 radical (unpaired) electrons. The van der Waals surface area contributed by atoms with E-state index in [-0.39, 0.29) is 0 Å². The van der Waals surface area contributed by atoms with Crippen LogP contribution in [0.15, 0.2) is 18.3 Å². The summed E-state index contributed by atoms with van der Waals surface area (Å²) in [6.07, 6.45) is -1.31. The van der Waals surface area contributed by atoms with E-state index in [2.05, 4.69) is 29.4 Å². The Bertz CT molecular complexity index is 384. The number of alkyl halides is 3. The van der Waals surface area contributed by atoms with Crippen molar-refractivity contribution in [2.24, 2.45) is 5.92 Å². The van der Waals surface area contributed by atoms with Gasteiger partial charge in [0.25, 0.3) is 0 Å². The van der Waals surface area contributed by atoms with Crippen LogP contribution in [0.5, 0.6) is 0 Å². The third kappa shape index (κ3) is 6.91. The summed E-state index contributed by atoms with van der Waals surface area (Å²) in [5.41, 5.74) is 2.48. The molecule has 1 aromatic heterocycles. The number of aldehydes is 1. The SMILES string of the molecule is Cc1ccc(C[C@@H]2CCNC2)nc1.O=CC(F)(F)F. The number of carbonyl (C=O) groups is 1. The van der Waals surface area contributed by atoms with Crippen molar-refractivity contribution in [3.63, 3.8) is 0 Å². The lowest BCUT2D eigenvalue weighted by Gasteiger charge is -2.06. The Kier molecular flexibility index (Phi) is 5.95. The lowest BCUT2D eigenvalue weighted by atomic mass is 10.0. The Hall–Kier alpha value is -1.43. The minimum absolute atomic E-state index is 0.801. The van der Waals surface area contributed by atoms with Gasteiger partial charge in [-0.3, -0.25) is 9.78 Å². The zero-order chi connectivity index (χ0) is 14.3. The van der Waals surface area contributed by atoms with E-state index >= 15 is 0 Å². The molecule has 0 spiro atoms. The molecule has 106 valence electrons. The average molecular weight is 274 g/mol. The number of aryl methyl sites for hydroxylation is 1. The Morgan fingerprint density at radius 2 is 2.16 bits per heavy atom. The maximum Gasteiger partial charge on any atom is 0.446 e. The van der Waals surface area contributed by atoms with Crippen LogP contribution >= 0.6 is 0 Å². The molecule has 1 saturated heterocycles. The highest BCUT2D eigenvalue weighted by Crippen LogP contribution is 2.13. The van der Waals surface area contributed by atoms with Gasteiger partial charge in [0.2, 0.25) is 6.29 Å². The van der Waals surface area contributed by atoms with Gasteiger partial charge in [0.15, 0.2) is 0 Å². The van der Waals surface area contributed by atoms with Gasteiger partial charge in [-0.1, -0.05) is 6.07 Å². The van der Waals surface area contributed by atoms with Gasteiger partial charge in [0, 0.05) is 11.9 Å². The highest BCUT2D eigenvalue weighted by atomic mass is 19.4. The second-order valence-corrected chi connectivity index (χ2v) is 4.55. The van der Waals surface area contributed by atoms with E-state index in [4.69, 9.17) is 4.79 Å². The summed E-state index contributed by atoms with van der Waals surface area (Å²) in [7, 11) is 0. The highest BCUT2D eigenvalue weighted by molar-refractivity contribution is 5.56. The summed E-state index contributed by atoms with van der Waals surface area (Å²) in [4.78, 5) is 13.1. The van der Waals surface area contributed by atoms with Crippen LogP contribution in [-0.2, 0) is 11.2 Å². The second-order valence-electron chi connectivity index (χ2n) is 4.55. The highest BCUT2D eigenvalue weighted by Gasteiger charge is 2.24. The molecule has 1 aromatic rings. The van der Waals surface area contributed by atoms with Crippen LogP contribution in [0.4, 0.5) is 13.2 Å². The summed E-state index contributed by atoms with van der Waals surface area (Å²) in [5, 5.41) is 3.38. The van der Waals surface area contributed by atoms with Gasteiger partial charge in [-0.2, -0.15) is 13.2 Å². The summed E-state index contributed by atoms with van der Waals surface area (Å²) >= 11 is 0. The molecule has 3 nitrogen and oxygen atoms in total. The summed E-state index contributed by atoms with van der Waals surface area (Å²) in [5.74, 6) is 0.801. The number of rotatable bonds is 2. The Balaban J connectivity index is 0.000000258. The van der Waals surface area contributed by atoms with E-state index < -0.39 is 12.5 Å². The molecule has 1 aliphatic rings. The molecule has 1 fully saturated rings. The summed E-state index contributed by atoms with van der Waals surface area (Å²) in [6, 6.07) is 4.29. The standard InChI is InChI=1S/C11H16N2.C2HF3O/c1-9-2-3-11(13-7-9)6-10-4-5-12-8-10;3-2(4,5)1-6/h2-3,7,10,12H,4-6,8H2,1H3;1H/t10-;/m0./s1. The van der Waals surface area contributed by atoms with Crippen LogP contribution in [0.2, 0.25) is 0 Å². The number of nitrogens with one attached hydrogen (secondary N) is 1. The molecule has 2 heterocycles. The number of halogens is 3. The van der Waals surface area contributed by atoms with Crippen molar-refractivity contribution in [3.8, 4) is 0 Å². The average Bonchev–Trinajstić information content (AvgIpc) is 2.85. The fourth-order valence-corrected chi connectivity index (χ4v) is 1.80. The van der Waals surface area contributed by atoms with Crippen LogP contribution in [0.1, 0.15) is 17.7 Å². The number of carbonyl (C=O) groups excluding carboxylic acids is 1. The van der Waals surface area contributed by atoms with Crippen LogP contribution < -0.4 is 5.32 Å². The first kappa shape index (κ1) is 15.6. The first-order chi connectivity index (χ1) is 8.90. The van der Waals surface area contributed by atoms with Gasteiger partial charge in [-0.15, -0.1) is 0 Å². The van der Waals surface area contributed by atoms with Crippen molar-refractivity contribution in [2.75, 3.05) is 13.1 Å². The lowest BCUT2D eigenvalue weighted by Crippen LogP contribution is -2.11. The molecule has 2 rings (SSSR count). The van der Waals surface area contributed by atoms with E-state index in [1.807, 2.05) is 6.20 Å². The van der Waals surface area contributed by atoms with Gasteiger partial charge in [0.1, 0.15) is 0 Å². The Morgan fingerprint density at radius 1 is 1.47 bits per heavy atom. The van der Waals surface area contributed by atoms with Gasteiger partial charge in [-0.25, -0.2) is 0 Å². The van der Waals surface area contributed by atoms with Crippen molar-refractivity contribution < 1.29 is 18.0 Å². The molecule has 19 heavy (non-hydrogen) atoms. The monoisotopic (exact) mass is 274 g/mol. The topological polar surface area (TPSA) is 42.0 Å². The normalized spacial score (nSPS) is 18.6. The maximum absolute atomic E-state index is 10.4. The minimum atomic E-state index is -4.64. The largest absolute Gasteiger partial charge is 0.446 e. The van der Waals surface area contributed by atoms with E-state index in [1.54, 1.807) is 0 Å². The Morgan fingerprint density at radius 3 is 2.58 bits per heavy atom. The molecule has 0 aliphatic carbocycles. The lowest BCUT2D eigenvalue weighted by molar-refractivity contribution is -0.156. The number of pyridine rings is 1. The molecule has 0 bridgehead atoms. The fourth-order valence-electron chi connectivity index (χ4n) is 1.80. The van der Waals surface area contributed by atoms with Crippen LogP contribution in [0, 0.1) is 12.8 Å². The number of hydrogen-bond acceptors (Lipinski definition) is 3. The summed E-state index contributed by atoms with van der Waals surface area (Å²) < 4.78 is 31.2. The molecule has 0 saturated carbocycles. The van der Waals surface area contributed by atoms with Crippen LogP contribution in [-0.4, -0.2) is 30.5 Å². The Labute approximate surface area is 110 Å². The molecule has 0 amide bonds. The molecule has 1 atom stereocenters. The van der Waals surface area contributed by atoms with E-state index in [1.165, 1.54) is 24.2 Å². The first-order valence-electron chi connectivity index (χ1n) is 6.06. The van der Waals surface area contributed by atoms with Crippen molar-refractivity contribution in [2.45, 2.75) is 25.9 Å². The van der Waals surface area contributed by atoms with Gasteiger partial charge < -0.3 is 5.32 Å². The smallest absolute Gasteiger partial charge is 0.316 e. The fraction of sp³-hybridized carbons (Fsp3) is 0.538. The molecule has 1 aliphatic heterocycles. The zero-order valence-electron chi connectivity index (χ0n) is 10.7. The third-order valence-corrected chi connectivity index (χ3v) is 2.77. The quantitative estimate of drug-likeness (QED) is 0.841. The summed E-state index contributed by atoms with van der Waals surface area (Å²) in [6.45, 7) is 4.42. The number of nitrogens with zero attached hydrogens (tertiary/aromatic N) is 1. The number of hydrogen-bond donors (Lipinski definition) is 1. The van der Waals surface area contributed by atoms with Crippen LogP contribution in [0.25, 0.3) is 0 Å². The number of aromatic nitrogens is 1. The minimum Gasteiger partial charge on any atom is -0.316 e. The van der Waals surface area contributed by atoms with Crippen LogP contribution in [0.3, 0.4) is 0 Å². The molecule has 0 unspecified atom stereocenters. The van der Waals surface area contributed by atoms with Gasteiger partial charge in [-0.05, 0) is 50.4 Å². The predicted octanol–water partition coefficient (Wildman–Crippen LogP) is 2.29. The zero-order valence-corrected chi connectivity index (χ0v) is 10.7. The molecule has 0 aromatic carbocycles. The van der Waals surface area contributed by atoms with Gasteiger partial charge in [0.05, 0.1) is 0 Å². The second kappa shape index (κ2) is 7.23.